The Morgan fingerprint density at radius 3 is 2.68 bits per heavy atom. The second-order valence-corrected chi connectivity index (χ2v) is 9.41. The van der Waals surface area contributed by atoms with E-state index in [2.05, 4.69) is 10.3 Å². The van der Waals surface area contributed by atoms with Gasteiger partial charge in [0, 0.05) is 23.3 Å². The Hall–Kier alpha value is -1.51. The average molecular weight is 383 g/mol. The van der Waals surface area contributed by atoms with Crippen LogP contribution in [0.5, 0.6) is 0 Å². The first kappa shape index (κ1) is 18.3. The SMILES string of the molecule is COC1=CNC(c2ccc(S(C)(=O)=O)cc2)=NC1OCC1CCCS1. The molecule has 0 bridgehead atoms. The molecule has 2 atom stereocenters. The fourth-order valence-electron chi connectivity index (χ4n) is 2.70. The largest absolute Gasteiger partial charge is 0.495 e. The van der Waals surface area contributed by atoms with Crippen molar-refractivity contribution in [2.24, 2.45) is 4.99 Å². The zero-order valence-corrected chi connectivity index (χ0v) is 15.9. The number of nitrogens with one attached hydrogen (secondary N) is 1. The number of amidine groups is 1. The van der Waals surface area contributed by atoms with Crippen molar-refractivity contribution in [3.63, 3.8) is 0 Å². The Labute approximate surface area is 152 Å². The van der Waals surface area contributed by atoms with Gasteiger partial charge in [0.2, 0.25) is 6.23 Å². The van der Waals surface area contributed by atoms with Gasteiger partial charge in [0.25, 0.3) is 0 Å². The summed E-state index contributed by atoms with van der Waals surface area (Å²) in [4.78, 5) is 4.87. The first-order valence-electron chi connectivity index (χ1n) is 8.09. The van der Waals surface area contributed by atoms with Crippen molar-refractivity contribution in [2.75, 3.05) is 25.7 Å². The zero-order valence-electron chi connectivity index (χ0n) is 14.3. The number of methoxy groups -OCH3 is 1. The Kier molecular flexibility index (Phi) is 5.71. The predicted molar refractivity (Wildman–Crippen MR) is 99.5 cm³/mol. The fourth-order valence-corrected chi connectivity index (χ4v) is 4.51. The van der Waals surface area contributed by atoms with Crippen molar-refractivity contribution in [2.45, 2.75) is 29.2 Å². The molecule has 1 saturated heterocycles. The summed E-state index contributed by atoms with van der Waals surface area (Å²) in [5.41, 5.74) is 0.794. The quantitative estimate of drug-likeness (QED) is 0.813. The molecule has 0 spiro atoms. The number of hydrogen-bond acceptors (Lipinski definition) is 7. The molecule has 0 aromatic heterocycles. The summed E-state index contributed by atoms with van der Waals surface area (Å²) in [5.74, 6) is 2.44. The summed E-state index contributed by atoms with van der Waals surface area (Å²) in [6, 6.07) is 6.63. The van der Waals surface area contributed by atoms with Gasteiger partial charge in [-0.1, -0.05) is 0 Å². The highest BCUT2D eigenvalue weighted by atomic mass is 32.2. The molecule has 2 aliphatic heterocycles. The summed E-state index contributed by atoms with van der Waals surface area (Å²) in [6.07, 6.45) is 4.84. The van der Waals surface area contributed by atoms with Crippen molar-refractivity contribution in [3.05, 3.63) is 41.8 Å². The van der Waals surface area contributed by atoms with Gasteiger partial charge in [-0.05, 0) is 42.9 Å². The monoisotopic (exact) mass is 382 g/mol. The third kappa shape index (κ3) is 4.56. The van der Waals surface area contributed by atoms with Crippen molar-refractivity contribution >= 4 is 27.4 Å². The van der Waals surface area contributed by atoms with E-state index >= 15 is 0 Å². The van der Waals surface area contributed by atoms with Gasteiger partial charge in [0.05, 0.1) is 18.6 Å². The molecule has 0 radical (unpaired) electrons. The molecule has 0 saturated carbocycles. The van der Waals surface area contributed by atoms with Gasteiger partial charge in [-0.2, -0.15) is 11.8 Å². The lowest BCUT2D eigenvalue weighted by molar-refractivity contribution is 0.0436. The van der Waals surface area contributed by atoms with Crippen LogP contribution in [-0.2, 0) is 19.3 Å². The van der Waals surface area contributed by atoms with Gasteiger partial charge in [-0.15, -0.1) is 0 Å². The van der Waals surface area contributed by atoms with Crippen molar-refractivity contribution in [1.82, 2.24) is 5.32 Å². The zero-order chi connectivity index (χ0) is 17.9. The minimum atomic E-state index is -3.21. The second kappa shape index (κ2) is 7.80. The normalized spacial score (nSPS) is 23.6. The van der Waals surface area contributed by atoms with Crippen LogP contribution in [0.25, 0.3) is 0 Å². The summed E-state index contributed by atoms with van der Waals surface area (Å²) >= 11 is 1.93. The van der Waals surface area contributed by atoms with E-state index in [0.717, 1.165) is 5.56 Å². The molecule has 0 amide bonds. The molecule has 136 valence electrons. The number of rotatable bonds is 6. The molecule has 8 heteroatoms. The highest BCUT2D eigenvalue weighted by Crippen LogP contribution is 2.27. The Bertz CT molecular complexity index is 766. The molecule has 1 fully saturated rings. The van der Waals surface area contributed by atoms with Gasteiger partial charge < -0.3 is 14.8 Å². The van der Waals surface area contributed by atoms with Crippen LogP contribution in [0, 0.1) is 0 Å². The number of ether oxygens (including phenoxy) is 2. The van der Waals surface area contributed by atoms with E-state index in [-0.39, 0.29) is 4.90 Å². The van der Waals surface area contributed by atoms with E-state index in [0.29, 0.717) is 23.5 Å². The maximum Gasteiger partial charge on any atom is 0.209 e. The van der Waals surface area contributed by atoms with Gasteiger partial charge in [0.1, 0.15) is 5.84 Å². The number of thioether (sulfide) groups is 1. The van der Waals surface area contributed by atoms with E-state index in [1.807, 2.05) is 11.8 Å². The Balaban J connectivity index is 1.74. The number of hydrogen-bond donors (Lipinski definition) is 1. The Morgan fingerprint density at radius 1 is 1.32 bits per heavy atom. The molecule has 25 heavy (non-hydrogen) atoms. The van der Waals surface area contributed by atoms with E-state index in [9.17, 15) is 8.42 Å². The molecule has 1 N–H and O–H groups in total. The number of aliphatic imine (C=N–C) groups is 1. The molecule has 6 nitrogen and oxygen atoms in total. The predicted octanol–water partition coefficient (Wildman–Crippen LogP) is 2.17. The standard InChI is InChI=1S/C17H22N2O4S2/c1-22-15-10-18-16(12-5-7-14(8-6-12)25(2,20)21)19-17(15)23-11-13-4-3-9-24-13/h5-8,10,13,17H,3-4,9,11H2,1-2H3,(H,18,19). The van der Waals surface area contributed by atoms with E-state index in [4.69, 9.17) is 9.47 Å². The van der Waals surface area contributed by atoms with E-state index < -0.39 is 16.1 Å². The summed E-state index contributed by atoms with van der Waals surface area (Å²) in [7, 11) is -1.62. The first-order valence-corrected chi connectivity index (χ1v) is 11.0. The van der Waals surface area contributed by atoms with E-state index in [1.165, 1.54) is 24.9 Å². The molecule has 3 rings (SSSR count). The minimum absolute atomic E-state index is 0.284. The van der Waals surface area contributed by atoms with Crippen LogP contribution >= 0.6 is 11.8 Å². The molecule has 1 aromatic rings. The van der Waals surface area contributed by atoms with Gasteiger partial charge >= 0.3 is 0 Å². The smallest absolute Gasteiger partial charge is 0.209 e. The Morgan fingerprint density at radius 2 is 2.08 bits per heavy atom. The van der Waals surface area contributed by atoms with Crippen LogP contribution in [-0.4, -0.2) is 51.5 Å². The molecule has 2 unspecified atom stereocenters. The summed E-state index contributed by atoms with van der Waals surface area (Å²) < 4.78 is 34.5. The molecule has 2 heterocycles. The number of benzene rings is 1. The van der Waals surface area contributed by atoms with Crippen LogP contribution in [0.4, 0.5) is 0 Å². The molecule has 0 aliphatic carbocycles. The second-order valence-electron chi connectivity index (χ2n) is 5.99. The van der Waals surface area contributed by atoms with Crippen molar-refractivity contribution < 1.29 is 17.9 Å². The average Bonchev–Trinajstić information content (AvgIpc) is 3.12. The van der Waals surface area contributed by atoms with Crippen molar-refractivity contribution in [3.8, 4) is 0 Å². The van der Waals surface area contributed by atoms with Gasteiger partial charge in [-0.25, -0.2) is 13.4 Å². The topological polar surface area (TPSA) is 77.0 Å². The molecule has 2 aliphatic rings. The van der Waals surface area contributed by atoms with Crippen LogP contribution in [0.15, 0.2) is 46.1 Å². The lowest BCUT2D eigenvalue weighted by Crippen LogP contribution is -2.32. The van der Waals surface area contributed by atoms with Gasteiger partial charge in [0.15, 0.2) is 15.6 Å². The maximum atomic E-state index is 11.6. The lowest BCUT2D eigenvalue weighted by atomic mass is 10.2. The highest BCUT2D eigenvalue weighted by molar-refractivity contribution is 8.00. The van der Waals surface area contributed by atoms with Gasteiger partial charge in [-0.3, -0.25) is 0 Å². The van der Waals surface area contributed by atoms with Crippen molar-refractivity contribution in [1.29, 1.82) is 0 Å². The minimum Gasteiger partial charge on any atom is -0.495 e. The summed E-state index contributed by atoms with van der Waals surface area (Å²) in [5, 5.41) is 3.60. The van der Waals surface area contributed by atoms with Crippen LogP contribution in [0.3, 0.4) is 0 Å². The van der Waals surface area contributed by atoms with Crippen LogP contribution in [0.1, 0.15) is 18.4 Å². The number of nitrogens with zero attached hydrogens (tertiary/aromatic N) is 1. The fraction of sp³-hybridized carbons (Fsp3) is 0.471. The first-order chi connectivity index (χ1) is 12.0. The summed E-state index contributed by atoms with van der Waals surface area (Å²) in [6.45, 7) is 0.639. The highest BCUT2D eigenvalue weighted by Gasteiger charge is 2.24. The molecular weight excluding hydrogens is 360 g/mol. The third-order valence-electron chi connectivity index (χ3n) is 4.10. The molecular formula is C17H22N2O4S2. The third-order valence-corrected chi connectivity index (χ3v) is 6.59. The van der Waals surface area contributed by atoms with Crippen LogP contribution < -0.4 is 5.32 Å². The number of sulfone groups is 1. The maximum absolute atomic E-state index is 11.6. The van der Waals surface area contributed by atoms with Crippen LogP contribution in [0.2, 0.25) is 0 Å². The molecule has 1 aromatic carbocycles. The lowest BCUT2D eigenvalue weighted by Gasteiger charge is -2.23. The van der Waals surface area contributed by atoms with E-state index in [1.54, 1.807) is 37.6 Å².